The zero-order chi connectivity index (χ0) is 12.7. The monoisotopic (exact) mass is 253 g/mol. The number of aromatic hydroxyl groups is 1. The Kier molecular flexibility index (Phi) is 2.98. The highest BCUT2D eigenvalue weighted by Gasteiger charge is 2.40. The molecule has 0 radical (unpaired) electrons. The molecular weight excluding hydrogens is 236 g/mol. The summed E-state index contributed by atoms with van der Waals surface area (Å²) in [4.78, 5) is 0. The van der Waals surface area contributed by atoms with E-state index in [2.05, 4.69) is 5.32 Å². The summed E-state index contributed by atoms with van der Waals surface area (Å²) in [7, 11) is 0. The molecule has 2 N–H and O–H groups in total. The van der Waals surface area contributed by atoms with Crippen LogP contribution in [0.1, 0.15) is 31.2 Å². The van der Waals surface area contributed by atoms with Crippen LogP contribution in [-0.4, -0.2) is 11.1 Å². The Balaban J connectivity index is 1.65. The van der Waals surface area contributed by atoms with Gasteiger partial charge in [0.05, 0.1) is 0 Å². The molecule has 0 atom stereocenters. The first-order valence-corrected chi connectivity index (χ1v) is 6.55. The van der Waals surface area contributed by atoms with Crippen molar-refractivity contribution in [1.29, 1.82) is 0 Å². The van der Waals surface area contributed by atoms with Crippen LogP contribution in [0.3, 0.4) is 0 Å². The molecule has 1 aromatic rings. The molecule has 0 bridgehead atoms. The van der Waals surface area contributed by atoms with Crippen molar-refractivity contribution in [1.82, 2.24) is 5.32 Å². The largest absolute Gasteiger partial charge is 0.503 e. The summed E-state index contributed by atoms with van der Waals surface area (Å²) in [5.74, 6) is -1.16. The fourth-order valence-electron chi connectivity index (χ4n) is 2.58. The minimum atomic E-state index is -0.889. The van der Waals surface area contributed by atoms with Crippen LogP contribution in [0.25, 0.3) is 0 Å². The number of nitrogens with one attached hydrogen (secondary N) is 1. The highest BCUT2D eigenvalue weighted by atomic mass is 19.1. The molecule has 98 valence electrons. The SMILES string of the molecule is Oc1c(F)cc(CNC(C2CC2)C2CC2)cc1F. The number of hydrogen-bond donors (Lipinski definition) is 2. The average Bonchev–Trinajstić information content (AvgIpc) is 3.18. The summed E-state index contributed by atoms with van der Waals surface area (Å²) in [5.41, 5.74) is 0.550. The van der Waals surface area contributed by atoms with Gasteiger partial charge in [0.15, 0.2) is 17.4 Å². The number of rotatable bonds is 5. The highest BCUT2D eigenvalue weighted by molar-refractivity contribution is 5.30. The van der Waals surface area contributed by atoms with Crippen molar-refractivity contribution in [2.75, 3.05) is 0 Å². The molecule has 3 rings (SSSR count). The molecular formula is C14H17F2NO. The Morgan fingerprint density at radius 1 is 1.11 bits per heavy atom. The van der Waals surface area contributed by atoms with Crippen molar-refractivity contribution in [2.24, 2.45) is 11.8 Å². The van der Waals surface area contributed by atoms with Crippen LogP contribution in [0.15, 0.2) is 12.1 Å². The van der Waals surface area contributed by atoms with Gasteiger partial charge in [-0.25, -0.2) is 8.78 Å². The van der Waals surface area contributed by atoms with Gasteiger partial charge in [0.2, 0.25) is 0 Å². The fraction of sp³-hybridized carbons (Fsp3) is 0.571. The van der Waals surface area contributed by atoms with E-state index >= 15 is 0 Å². The summed E-state index contributed by atoms with van der Waals surface area (Å²) < 4.78 is 26.4. The lowest BCUT2D eigenvalue weighted by molar-refractivity contribution is 0.391. The zero-order valence-electron chi connectivity index (χ0n) is 10.1. The molecule has 0 saturated heterocycles. The zero-order valence-corrected chi connectivity index (χ0v) is 10.1. The highest BCUT2D eigenvalue weighted by Crippen LogP contribution is 2.44. The Morgan fingerprint density at radius 2 is 1.61 bits per heavy atom. The van der Waals surface area contributed by atoms with Crippen molar-refractivity contribution >= 4 is 0 Å². The molecule has 1 aromatic carbocycles. The van der Waals surface area contributed by atoms with E-state index in [4.69, 9.17) is 5.11 Å². The Hall–Kier alpha value is -1.16. The van der Waals surface area contributed by atoms with Gasteiger partial charge in [-0.05, 0) is 55.2 Å². The standard InChI is InChI=1S/C14H17F2NO/c15-11-5-8(6-12(16)14(11)18)7-17-13(9-1-2-9)10-3-4-10/h5-6,9-10,13,17-18H,1-4,7H2. The van der Waals surface area contributed by atoms with Crippen molar-refractivity contribution in [2.45, 2.75) is 38.3 Å². The van der Waals surface area contributed by atoms with Crippen molar-refractivity contribution < 1.29 is 13.9 Å². The lowest BCUT2D eigenvalue weighted by Gasteiger charge is -2.17. The average molecular weight is 253 g/mol. The molecule has 0 unspecified atom stereocenters. The first kappa shape index (κ1) is 11.9. The van der Waals surface area contributed by atoms with Crippen LogP contribution in [0, 0.1) is 23.5 Å². The number of phenolic OH excluding ortho intramolecular Hbond substituents is 1. The molecule has 0 aromatic heterocycles. The molecule has 0 aliphatic heterocycles. The van der Waals surface area contributed by atoms with Crippen LogP contribution >= 0.6 is 0 Å². The van der Waals surface area contributed by atoms with Crippen molar-refractivity contribution in [3.63, 3.8) is 0 Å². The third-order valence-corrected chi connectivity index (χ3v) is 3.88. The Morgan fingerprint density at radius 3 is 2.06 bits per heavy atom. The van der Waals surface area contributed by atoms with Crippen molar-refractivity contribution in [3.8, 4) is 5.75 Å². The number of halogens is 2. The second kappa shape index (κ2) is 4.50. The minimum Gasteiger partial charge on any atom is -0.503 e. The number of phenols is 1. The fourth-order valence-corrected chi connectivity index (χ4v) is 2.58. The van der Waals surface area contributed by atoms with E-state index in [1.54, 1.807) is 0 Å². The lowest BCUT2D eigenvalue weighted by atomic mass is 10.1. The summed E-state index contributed by atoms with van der Waals surface area (Å²) in [6.45, 7) is 0.464. The molecule has 18 heavy (non-hydrogen) atoms. The third kappa shape index (κ3) is 2.48. The lowest BCUT2D eigenvalue weighted by Crippen LogP contribution is -2.32. The summed E-state index contributed by atoms with van der Waals surface area (Å²) >= 11 is 0. The first-order chi connectivity index (χ1) is 8.65. The number of hydrogen-bond acceptors (Lipinski definition) is 2. The maximum absolute atomic E-state index is 13.2. The first-order valence-electron chi connectivity index (χ1n) is 6.55. The van der Waals surface area contributed by atoms with E-state index in [0.29, 0.717) is 18.2 Å². The molecule has 2 saturated carbocycles. The second-order valence-electron chi connectivity index (χ2n) is 5.49. The van der Waals surface area contributed by atoms with E-state index in [-0.39, 0.29) is 0 Å². The molecule has 2 fully saturated rings. The molecule has 2 aliphatic carbocycles. The maximum Gasteiger partial charge on any atom is 0.187 e. The molecule has 0 spiro atoms. The molecule has 4 heteroatoms. The third-order valence-electron chi connectivity index (χ3n) is 3.88. The topological polar surface area (TPSA) is 32.3 Å². The van der Waals surface area contributed by atoms with Gasteiger partial charge in [0, 0.05) is 12.6 Å². The molecule has 0 heterocycles. The molecule has 2 nitrogen and oxygen atoms in total. The summed E-state index contributed by atoms with van der Waals surface area (Å²) in [6, 6.07) is 2.90. The van der Waals surface area contributed by atoms with Gasteiger partial charge in [0.1, 0.15) is 0 Å². The number of benzene rings is 1. The van der Waals surface area contributed by atoms with Crippen LogP contribution in [0.5, 0.6) is 5.75 Å². The van der Waals surface area contributed by atoms with Gasteiger partial charge in [-0.1, -0.05) is 0 Å². The van der Waals surface area contributed by atoms with Crippen LogP contribution in [-0.2, 0) is 6.54 Å². The summed E-state index contributed by atoms with van der Waals surface area (Å²) in [6.07, 6.45) is 5.08. The predicted molar refractivity (Wildman–Crippen MR) is 64.1 cm³/mol. The van der Waals surface area contributed by atoms with Crippen LogP contribution in [0.2, 0.25) is 0 Å². The van der Waals surface area contributed by atoms with Gasteiger partial charge in [-0.3, -0.25) is 0 Å². The molecule has 2 aliphatic rings. The van der Waals surface area contributed by atoms with E-state index in [9.17, 15) is 8.78 Å². The quantitative estimate of drug-likeness (QED) is 0.845. The maximum atomic E-state index is 13.2. The van der Waals surface area contributed by atoms with Gasteiger partial charge in [-0.2, -0.15) is 0 Å². The van der Waals surface area contributed by atoms with E-state index in [1.165, 1.54) is 37.8 Å². The summed E-state index contributed by atoms with van der Waals surface area (Å²) in [5, 5.41) is 12.5. The van der Waals surface area contributed by atoms with Crippen molar-refractivity contribution in [3.05, 3.63) is 29.3 Å². The predicted octanol–water partition coefficient (Wildman–Crippen LogP) is 2.95. The normalized spacial score (nSPS) is 19.5. The van der Waals surface area contributed by atoms with E-state index < -0.39 is 17.4 Å². The van der Waals surface area contributed by atoms with E-state index in [1.807, 2.05) is 0 Å². The van der Waals surface area contributed by atoms with Gasteiger partial charge in [0.25, 0.3) is 0 Å². The van der Waals surface area contributed by atoms with Gasteiger partial charge < -0.3 is 10.4 Å². The Bertz CT molecular complexity index is 420. The second-order valence-corrected chi connectivity index (χ2v) is 5.49. The smallest absolute Gasteiger partial charge is 0.187 e. The minimum absolute atomic E-state index is 0.464. The van der Waals surface area contributed by atoms with E-state index in [0.717, 1.165) is 11.8 Å². The Labute approximate surface area is 105 Å². The van der Waals surface area contributed by atoms with Crippen LogP contribution < -0.4 is 5.32 Å². The van der Waals surface area contributed by atoms with Gasteiger partial charge >= 0.3 is 0 Å². The van der Waals surface area contributed by atoms with Gasteiger partial charge in [-0.15, -0.1) is 0 Å². The molecule has 0 amide bonds. The van der Waals surface area contributed by atoms with Crippen LogP contribution in [0.4, 0.5) is 8.78 Å².